The van der Waals surface area contributed by atoms with Gasteiger partial charge in [0.15, 0.2) is 0 Å². The van der Waals surface area contributed by atoms with Gasteiger partial charge in [-0.3, -0.25) is 0 Å². The van der Waals surface area contributed by atoms with Crippen LogP contribution in [0.15, 0.2) is 6.07 Å². The molecule has 0 aliphatic carbocycles. The van der Waals surface area contributed by atoms with E-state index in [-0.39, 0.29) is 17.0 Å². The highest BCUT2D eigenvalue weighted by molar-refractivity contribution is 6.32. The van der Waals surface area contributed by atoms with E-state index in [0.717, 1.165) is 0 Å². The average molecular weight is 381 g/mol. The van der Waals surface area contributed by atoms with E-state index in [9.17, 15) is 15.2 Å². The van der Waals surface area contributed by atoms with Crippen LogP contribution in [0.2, 0.25) is 5.02 Å². The van der Waals surface area contributed by atoms with Crippen molar-refractivity contribution in [1.29, 1.82) is 5.26 Å². The number of likely N-dealkylation sites (tertiary alicyclic amines) is 1. The molecule has 1 aromatic carbocycles. The molecule has 1 amide bonds. The van der Waals surface area contributed by atoms with Crippen LogP contribution in [0.3, 0.4) is 0 Å². The minimum Gasteiger partial charge on any atom is -0.493 e. The first-order valence-corrected chi connectivity index (χ1v) is 9.02. The van der Waals surface area contributed by atoms with Gasteiger partial charge < -0.3 is 19.5 Å². The predicted octanol–water partition coefficient (Wildman–Crippen LogP) is 4.00. The van der Waals surface area contributed by atoms with Crippen molar-refractivity contribution in [1.82, 2.24) is 4.90 Å². The molecule has 0 spiro atoms. The molecule has 1 fully saturated rings. The van der Waals surface area contributed by atoms with Gasteiger partial charge in [-0.15, -0.1) is 0 Å². The van der Waals surface area contributed by atoms with Crippen molar-refractivity contribution in [2.45, 2.75) is 52.2 Å². The summed E-state index contributed by atoms with van der Waals surface area (Å²) in [6.45, 7) is 10.1. The standard InChI is InChI=1S/C19H25ClN2O4/c1-6-25-17-13(11(2)23)7-15(20)14(8-21)16(17)12-9-22(10-12)18(24)26-19(3,4)5/h7,11-12,23H,6,9-10H2,1-5H3. The van der Waals surface area contributed by atoms with Crippen LogP contribution in [0.5, 0.6) is 5.75 Å². The van der Waals surface area contributed by atoms with Gasteiger partial charge in [0.05, 0.1) is 23.3 Å². The molecule has 1 aliphatic heterocycles. The van der Waals surface area contributed by atoms with Gasteiger partial charge in [-0.1, -0.05) is 11.6 Å². The van der Waals surface area contributed by atoms with Crippen molar-refractivity contribution < 1.29 is 19.4 Å². The van der Waals surface area contributed by atoms with Crippen LogP contribution < -0.4 is 4.74 Å². The Morgan fingerprint density at radius 3 is 2.58 bits per heavy atom. The van der Waals surface area contributed by atoms with E-state index in [1.807, 2.05) is 27.7 Å². The molecule has 1 unspecified atom stereocenters. The summed E-state index contributed by atoms with van der Waals surface area (Å²) in [5.74, 6) is 0.382. The number of hydrogen-bond acceptors (Lipinski definition) is 5. The molecular weight excluding hydrogens is 356 g/mol. The molecule has 1 heterocycles. The van der Waals surface area contributed by atoms with Gasteiger partial charge in [0.2, 0.25) is 0 Å². The van der Waals surface area contributed by atoms with Crippen LogP contribution in [0, 0.1) is 11.3 Å². The molecule has 142 valence electrons. The summed E-state index contributed by atoms with van der Waals surface area (Å²) in [5, 5.41) is 19.9. The Bertz CT molecular complexity index is 729. The fourth-order valence-corrected chi connectivity index (χ4v) is 3.19. The largest absolute Gasteiger partial charge is 0.493 e. The number of hydrogen-bond donors (Lipinski definition) is 1. The number of carbonyl (C=O) groups is 1. The maximum Gasteiger partial charge on any atom is 0.410 e. The third-order valence-electron chi connectivity index (χ3n) is 4.09. The molecule has 26 heavy (non-hydrogen) atoms. The van der Waals surface area contributed by atoms with Crippen LogP contribution in [0.25, 0.3) is 0 Å². The zero-order valence-electron chi connectivity index (χ0n) is 15.8. The molecule has 6 nitrogen and oxygen atoms in total. The van der Waals surface area contributed by atoms with Crippen molar-refractivity contribution in [3.05, 3.63) is 27.8 Å². The number of amides is 1. The Kier molecular flexibility index (Phi) is 6.05. The first-order valence-electron chi connectivity index (χ1n) is 8.64. The number of benzene rings is 1. The van der Waals surface area contributed by atoms with E-state index < -0.39 is 11.7 Å². The van der Waals surface area contributed by atoms with E-state index in [2.05, 4.69) is 6.07 Å². The van der Waals surface area contributed by atoms with Gasteiger partial charge in [-0.25, -0.2) is 4.79 Å². The van der Waals surface area contributed by atoms with Gasteiger partial charge in [0.1, 0.15) is 17.4 Å². The van der Waals surface area contributed by atoms with Crippen molar-refractivity contribution in [3.63, 3.8) is 0 Å². The van der Waals surface area contributed by atoms with E-state index in [0.29, 0.717) is 42.1 Å². The molecular formula is C19H25ClN2O4. The van der Waals surface area contributed by atoms with E-state index in [1.165, 1.54) is 0 Å². The van der Waals surface area contributed by atoms with Gasteiger partial charge >= 0.3 is 6.09 Å². The van der Waals surface area contributed by atoms with E-state index in [1.54, 1.807) is 17.9 Å². The monoisotopic (exact) mass is 380 g/mol. The summed E-state index contributed by atoms with van der Waals surface area (Å²) >= 11 is 6.27. The quantitative estimate of drug-likeness (QED) is 0.853. The molecule has 7 heteroatoms. The third-order valence-corrected chi connectivity index (χ3v) is 4.39. The maximum absolute atomic E-state index is 12.2. The van der Waals surface area contributed by atoms with Crippen molar-refractivity contribution in [2.75, 3.05) is 19.7 Å². The number of aliphatic hydroxyl groups excluding tert-OH is 1. The second-order valence-corrected chi connectivity index (χ2v) is 7.78. The minimum absolute atomic E-state index is 0.102. The van der Waals surface area contributed by atoms with Crippen LogP contribution in [-0.4, -0.2) is 41.4 Å². The van der Waals surface area contributed by atoms with Gasteiger partial charge in [-0.05, 0) is 40.7 Å². The van der Waals surface area contributed by atoms with E-state index >= 15 is 0 Å². The highest BCUT2D eigenvalue weighted by Crippen LogP contribution is 2.43. The third kappa shape index (κ3) is 4.22. The number of nitriles is 1. The summed E-state index contributed by atoms with van der Waals surface area (Å²) in [7, 11) is 0. The lowest BCUT2D eigenvalue weighted by molar-refractivity contribution is 0.00789. The Morgan fingerprint density at radius 2 is 2.12 bits per heavy atom. The highest BCUT2D eigenvalue weighted by Gasteiger charge is 2.38. The number of rotatable bonds is 4. The average Bonchev–Trinajstić information content (AvgIpc) is 2.46. The lowest BCUT2D eigenvalue weighted by Gasteiger charge is -2.41. The smallest absolute Gasteiger partial charge is 0.410 e. The van der Waals surface area contributed by atoms with Gasteiger partial charge in [0, 0.05) is 30.1 Å². The zero-order valence-corrected chi connectivity index (χ0v) is 16.6. The van der Waals surface area contributed by atoms with Gasteiger partial charge in [0.25, 0.3) is 0 Å². The number of aliphatic hydroxyl groups is 1. The number of ether oxygens (including phenoxy) is 2. The molecule has 2 rings (SSSR count). The first-order chi connectivity index (χ1) is 12.1. The molecule has 0 radical (unpaired) electrons. The van der Waals surface area contributed by atoms with Crippen LogP contribution in [0.4, 0.5) is 4.79 Å². The normalized spacial score (nSPS) is 15.8. The number of nitrogens with zero attached hydrogens (tertiary/aromatic N) is 2. The fraction of sp³-hybridized carbons (Fsp3) is 0.579. The highest BCUT2D eigenvalue weighted by atomic mass is 35.5. The lowest BCUT2D eigenvalue weighted by Crippen LogP contribution is -2.50. The van der Waals surface area contributed by atoms with Crippen molar-refractivity contribution >= 4 is 17.7 Å². The molecule has 0 aromatic heterocycles. The predicted molar refractivity (Wildman–Crippen MR) is 98.5 cm³/mol. The number of halogens is 1. The van der Waals surface area contributed by atoms with Crippen LogP contribution >= 0.6 is 11.6 Å². The lowest BCUT2D eigenvalue weighted by atomic mass is 9.85. The van der Waals surface area contributed by atoms with E-state index in [4.69, 9.17) is 21.1 Å². The topological polar surface area (TPSA) is 82.8 Å². The molecule has 1 N–H and O–H groups in total. The van der Waals surface area contributed by atoms with Crippen molar-refractivity contribution in [2.24, 2.45) is 0 Å². The summed E-state index contributed by atoms with van der Waals surface area (Å²) < 4.78 is 11.1. The van der Waals surface area contributed by atoms with Crippen LogP contribution in [-0.2, 0) is 4.74 Å². The van der Waals surface area contributed by atoms with Crippen LogP contribution in [0.1, 0.15) is 63.3 Å². The van der Waals surface area contributed by atoms with Crippen molar-refractivity contribution in [3.8, 4) is 11.8 Å². The summed E-state index contributed by atoms with van der Waals surface area (Å²) in [6, 6.07) is 3.70. The van der Waals surface area contributed by atoms with Gasteiger partial charge in [-0.2, -0.15) is 5.26 Å². The Morgan fingerprint density at radius 1 is 1.50 bits per heavy atom. The number of carbonyl (C=O) groups excluding carboxylic acids is 1. The molecule has 1 atom stereocenters. The first kappa shape index (κ1) is 20.3. The Labute approximate surface area is 159 Å². The Balaban J connectivity index is 2.35. The second-order valence-electron chi connectivity index (χ2n) is 7.37. The molecule has 1 saturated heterocycles. The Hall–Kier alpha value is -1.97. The molecule has 1 aliphatic rings. The maximum atomic E-state index is 12.2. The second kappa shape index (κ2) is 7.73. The summed E-state index contributed by atoms with van der Waals surface area (Å²) in [4.78, 5) is 13.7. The zero-order chi connectivity index (χ0) is 19.6. The summed E-state index contributed by atoms with van der Waals surface area (Å²) in [5.41, 5.74) is 0.957. The minimum atomic E-state index is -0.789. The molecule has 0 saturated carbocycles. The molecule has 0 bridgehead atoms. The summed E-state index contributed by atoms with van der Waals surface area (Å²) in [6.07, 6.45) is -1.18. The SMILES string of the molecule is CCOc1c(C(C)O)cc(Cl)c(C#N)c1C1CN(C(=O)OC(C)(C)C)C1. The fourth-order valence-electron chi connectivity index (χ4n) is 2.93. The molecule has 1 aromatic rings.